The van der Waals surface area contributed by atoms with Crippen LogP contribution in [0.4, 0.5) is 11.4 Å². The SMILES string of the molecule is Nc1c(Oc2ccc(N3CCOCC3)cc2)nc[nH]c1=O. The second-order valence-electron chi connectivity index (χ2n) is 4.65. The molecular weight excluding hydrogens is 272 g/mol. The van der Waals surface area contributed by atoms with Gasteiger partial charge in [0.25, 0.3) is 5.56 Å². The molecule has 3 N–H and O–H groups in total. The molecule has 1 fully saturated rings. The van der Waals surface area contributed by atoms with E-state index in [0.29, 0.717) is 5.75 Å². The second kappa shape index (κ2) is 5.84. The van der Waals surface area contributed by atoms with Gasteiger partial charge in [-0.05, 0) is 24.3 Å². The van der Waals surface area contributed by atoms with E-state index in [9.17, 15) is 4.79 Å². The van der Waals surface area contributed by atoms with Gasteiger partial charge in [0.2, 0.25) is 5.88 Å². The summed E-state index contributed by atoms with van der Waals surface area (Å²) in [4.78, 5) is 19.9. The average molecular weight is 288 g/mol. The molecule has 0 unspecified atom stereocenters. The number of rotatable bonds is 3. The van der Waals surface area contributed by atoms with Crippen molar-refractivity contribution in [1.82, 2.24) is 9.97 Å². The fourth-order valence-corrected chi connectivity index (χ4v) is 2.13. The number of ether oxygens (including phenoxy) is 2. The quantitative estimate of drug-likeness (QED) is 0.874. The number of hydrogen-bond acceptors (Lipinski definition) is 6. The standard InChI is InChI=1S/C14H16N4O3/c15-12-13(19)16-9-17-14(12)21-11-3-1-10(2-4-11)18-5-7-20-8-6-18/h1-4,9H,5-8,15H2,(H,16,17,19). The van der Waals surface area contributed by atoms with Gasteiger partial charge in [-0.15, -0.1) is 0 Å². The summed E-state index contributed by atoms with van der Waals surface area (Å²) in [5.41, 5.74) is 6.29. The highest BCUT2D eigenvalue weighted by atomic mass is 16.5. The minimum Gasteiger partial charge on any atom is -0.437 e. The normalized spacial score (nSPS) is 15.0. The minimum atomic E-state index is -0.412. The smallest absolute Gasteiger partial charge is 0.277 e. The van der Waals surface area contributed by atoms with Gasteiger partial charge in [-0.2, -0.15) is 0 Å². The first kappa shape index (κ1) is 13.4. The molecule has 2 aromatic rings. The van der Waals surface area contributed by atoms with E-state index < -0.39 is 5.56 Å². The van der Waals surface area contributed by atoms with Gasteiger partial charge in [0, 0.05) is 18.8 Å². The summed E-state index contributed by atoms with van der Waals surface area (Å²) in [5.74, 6) is 0.690. The van der Waals surface area contributed by atoms with Crippen molar-refractivity contribution in [3.8, 4) is 11.6 Å². The van der Waals surface area contributed by atoms with E-state index in [1.165, 1.54) is 6.33 Å². The van der Waals surface area contributed by atoms with E-state index in [4.69, 9.17) is 15.2 Å². The van der Waals surface area contributed by atoms with Crippen molar-refractivity contribution in [3.05, 3.63) is 40.9 Å². The van der Waals surface area contributed by atoms with E-state index in [2.05, 4.69) is 14.9 Å². The molecule has 0 amide bonds. The Balaban J connectivity index is 1.75. The van der Waals surface area contributed by atoms with Crippen LogP contribution in [0.1, 0.15) is 0 Å². The molecule has 0 aliphatic carbocycles. The molecule has 0 atom stereocenters. The van der Waals surface area contributed by atoms with Crippen molar-refractivity contribution < 1.29 is 9.47 Å². The van der Waals surface area contributed by atoms with Crippen molar-refractivity contribution in [3.63, 3.8) is 0 Å². The summed E-state index contributed by atoms with van der Waals surface area (Å²) in [7, 11) is 0. The lowest BCUT2D eigenvalue weighted by Crippen LogP contribution is -2.36. The lowest BCUT2D eigenvalue weighted by Gasteiger charge is -2.28. The number of aromatic amines is 1. The largest absolute Gasteiger partial charge is 0.437 e. The Morgan fingerprint density at radius 2 is 1.95 bits per heavy atom. The van der Waals surface area contributed by atoms with Crippen LogP contribution in [0, 0.1) is 0 Å². The van der Waals surface area contributed by atoms with Crippen LogP contribution < -0.4 is 20.9 Å². The summed E-state index contributed by atoms with van der Waals surface area (Å²) >= 11 is 0. The van der Waals surface area contributed by atoms with Crippen molar-refractivity contribution in [2.24, 2.45) is 0 Å². The van der Waals surface area contributed by atoms with Crippen molar-refractivity contribution in [1.29, 1.82) is 0 Å². The summed E-state index contributed by atoms with van der Waals surface area (Å²) < 4.78 is 10.9. The van der Waals surface area contributed by atoms with Crippen molar-refractivity contribution in [2.45, 2.75) is 0 Å². The van der Waals surface area contributed by atoms with Crippen LogP contribution in [0.5, 0.6) is 11.6 Å². The zero-order valence-electron chi connectivity index (χ0n) is 11.4. The third-order valence-electron chi connectivity index (χ3n) is 3.28. The van der Waals surface area contributed by atoms with E-state index in [0.717, 1.165) is 32.0 Å². The molecule has 0 saturated carbocycles. The zero-order valence-corrected chi connectivity index (χ0v) is 11.4. The average Bonchev–Trinajstić information content (AvgIpc) is 2.53. The van der Waals surface area contributed by atoms with Crippen LogP contribution in [-0.2, 0) is 4.74 Å². The first-order valence-corrected chi connectivity index (χ1v) is 6.68. The fourth-order valence-electron chi connectivity index (χ4n) is 2.13. The van der Waals surface area contributed by atoms with E-state index in [1.807, 2.05) is 24.3 Å². The monoisotopic (exact) mass is 288 g/mol. The van der Waals surface area contributed by atoms with Gasteiger partial charge >= 0.3 is 0 Å². The maximum absolute atomic E-state index is 11.4. The number of H-pyrrole nitrogens is 1. The number of nitrogens with zero attached hydrogens (tertiary/aromatic N) is 2. The van der Waals surface area contributed by atoms with Gasteiger partial charge in [-0.3, -0.25) is 4.79 Å². The second-order valence-corrected chi connectivity index (χ2v) is 4.65. The first-order valence-electron chi connectivity index (χ1n) is 6.68. The topological polar surface area (TPSA) is 93.5 Å². The number of hydrogen-bond donors (Lipinski definition) is 2. The number of aromatic nitrogens is 2. The van der Waals surface area contributed by atoms with E-state index >= 15 is 0 Å². The zero-order chi connectivity index (χ0) is 14.7. The van der Waals surface area contributed by atoms with Crippen LogP contribution in [0.3, 0.4) is 0 Å². The maximum atomic E-state index is 11.4. The third kappa shape index (κ3) is 2.97. The van der Waals surface area contributed by atoms with Gasteiger partial charge < -0.3 is 25.1 Å². The highest BCUT2D eigenvalue weighted by Gasteiger charge is 2.12. The molecular formula is C14H16N4O3. The Bertz CT molecular complexity index is 663. The van der Waals surface area contributed by atoms with Crippen LogP contribution in [0.15, 0.2) is 35.4 Å². The minimum absolute atomic E-state index is 0.0326. The van der Waals surface area contributed by atoms with Gasteiger partial charge in [0.05, 0.1) is 19.5 Å². The van der Waals surface area contributed by atoms with Gasteiger partial charge in [-0.1, -0.05) is 0 Å². The lowest BCUT2D eigenvalue weighted by atomic mass is 10.2. The number of anilines is 2. The van der Waals surface area contributed by atoms with Crippen LogP contribution in [-0.4, -0.2) is 36.3 Å². The molecule has 21 heavy (non-hydrogen) atoms. The lowest BCUT2D eigenvalue weighted by molar-refractivity contribution is 0.122. The Hall–Kier alpha value is -2.54. The Morgan fingerprint density at radius 3 is 2.67 bits per heavy atom. The highest BCUT2D eigenvalue weighted by Crippen LogP contribution is 2.25. The van der Waals surface area contributed by atoms with Crippen LogP contribution in [0.25, 0.3) is 0 Å². The molecule has 1 aliphatic rings. The van der Waals surface area contributed by atoms with E-state index in [-0.39, 0.29) is 11.6 Å². The number of nitrogens with two attached hydrogens (primary N) is 1. The van der Waals surface area contributed by atoms with Crippen LogP contribution >= 0.6 is 0 Å². The Morgan fingerprint density at radius 1 is 1.24 bits per heavy atom. The van der Waals surface area contributed by atoms with Gasteiger partial charge in [0.15, 0.2) is 5.69 Å². The summed E-state index contributed by atoms with van der Waals surface area (Å²) in [6.45, 7) is 3.24. The number of benzene rings is 1. The van der Waals surface area contributed by atoms with Gasteiger partial charge in [0.1, 0.15) is 5.75 Å². The molecule has 1 aliphatic heterocycles. The molecule has 0 spiro atoms. The molecule has 1 aromatic heterocycles. The maximum Gasteiger partial charge on any atom is 0.277 e. The summed E-state index contributed by atoms with van der Waals surface area (Å²) in [5, 5.41) is 0. The number of nitrogen functional groups attached to an aromatic ring is 1. The summed E-state index contributed by atoms with van der Waals surface area (Å²) in [6.07, 6.45) is 1.26. The van der Waals surface area contributed by atoms with Crippen molar-refractivity contribution >= 4 is 11.4 Å². The molecule has 2 heterocycles. The first-order chi connectivity index (χ1) is 10.2. The van der Waals surface area contributed by atoms with Crippen LogP contribution in [0.2, 0.25) is 0 Å². The van der Waals surface area contributed by atoms with Gasteiger partial charge in [-0.25, -0.2) is 4.98 Å². The molecule has 1 saturated heterocycles. The molecule has 7 heteroatoms. The number of nitrogens with one attached hydrogen (secondary N) is 1. The molecule has 1 aromatic carbocycles. The Kier molecular flexibility index (Phi) is 3.74. The molecule has 0 bridgehead atoms. The number of morpholine rings is 1. The predicted octanol–water partition coefficient (Wildman–Crippen LogP) is 0.981. The Labute approximate surface area is 121 Å². The molecule has 7 nitrogen and oxygen atoms in total. The molecule has 3 rings (SSSR count). The third-order valence-corrected chi connectivity index (χ3v) is 3.28. The van der Waals surface area contributed by atoms with Crippen molar-refractivity contribution in [2.75, 3.05) is 36.9 Å². The van der Waals surface area contributed by atoms with E-state index in [1.54, 1.807) is 0 Å². The molecule has 110 valence electrons. The summed E-state index contributed by atoms with van der Waals surface area (Å²) in [6, 6.07) is 7.58. The molecule has 0 radical (unpaired) electrons. The predicted molar refractivity (Wildman–Crippen MR) is 78.8 cm³/mol. The fraction of sp³-hybridized carbons (Fsp3) is 0.286. The highest BCUT2D eigenvalue weighted by molar-refractivity contribution is 5.51.